The Hall–Kier alpha value is -2.48. The SMILES string of the molecule is COc1ccc(N2CCN(CC(=O)NCCCO)C2=O)cc1OC. The Morgan fingerprint density at radius 2 is 2.00 bits per heavy atom. The van der Waals surface area contributed by atoms with Crippen LogP contribution in [0, 0.1) is 0 Å². The average molecular weight is 337 g/mol. The van der Waals surface area contributed by atoms with Crippen molar-refractivity contribution in [3.05, 3.63) is 18.2 Å². The number of nitrogens with zero attached hydrogens (tertiary/aromatic N) is 2. The molecule has 0 aliphatic carbocycles. The van der Waals surface area contributed by atoms with Crippen LogP contribution in [-0.2, 0) is 4.79 Å². The molecule has 2 rings (SSSR count). The van der Waals surface area contributed by atoms with Gasteiger partial charge in [0.25, 0.3) is 0 Å². The van der Waals surface area contributed by atoms with Crippen LogP contribution in [0.4, 0.5) is 10.5 Å². The lowest BCUT2D eigenvalue weighted by Gasteiger charge is -2.19. The van der Waals surface area contributed by atoms with Gasteiger partial charge in [-0.25, -0.2) is 4.79 Å². The van der Waals surface area contributed by atoms with E-state index in [1.807, 2.05) is 0 Å². The Balaban J connectivity index is 1.99. The van der Waals surface area contributed by atoms with Gasteiger partial charge in [-0.15, -0.1) is 0 Å². The number of anilines is 1. The molecule has 132 valence electrons. The van der Waals surface area contributed by atoms with E-state index in [1.54, 1.807) is 30.2 Å². The number of urea groups is 1. The third-order valence-electron chi connectivity index (χ3n) is 3.77. The molecule has 3 amide bonds. The summed E-state index contributed by atoms with van der Waals surface area (Å²) in [5.41, 5.74) is 0.695. The molecule has 0 spiro atoms. The predicted octanol–water partition coefficient (Wildman–Crippen LogP) is 0.444. The molecule has 1 aromatic carbocycles. The minimum absolute atomic E-state index is 0.00799. The topological polar surface area (TPSA) is 91.3 Å². The summed E-state index contributed by atoms with van der Waals surface area (Å²) in [4.78, 5) is 27.4. The summed E-state index contributed by atoms with van der Waals surface area (Å²) in [5.74, 6) is 0.905. The van der Waals surface area contributed by atoms with Gasteiger partial charge in [0, 0.05) is 38.0 Å². The van der Waals surface area contributed by atoms with Crippen LogP contribution in [-0.4, -0.2) is 69.0 Å². The number of hydrogen-bond acceptors (Lipinski definition) is 5. The summed E-state index contributed by atoms with van der Waals surface area (Å²) in [6.07, 6.45) is 0.497. The number of rotatable bonds is 8. The minimum Gasteiger partial charge on any atom is -0.493 e. The summed E-state index contributed by atoms with van der Waals surface area (Å²) in [6.45, 7) is 1.40. The van der Waals surface area contributed by atoms with Gasteiger partial charge in [-0.3, -0.25) is 9.69 Å². The number of aliphatic hydroxyl groups excluding tert-OH is 1. The summed E-state index contributed by atoms with van der Waals surface area (Å²) < 4.78 is 10.4. The molecule has 24 heavy (non-hydrogen) atoms. The Bertz CT molecular complexity index is 593. The van der Waals surface area contributed by atoms with Crippen LogP contribution in [0.2, 0.25) is 0 Å². The van der Waals surface area contributed by atoms with Crippen molar-refractivity contribution in [3.63, 3.8) is 0 Å². The van der Waals surface area contributed by atoms with Crippen molar-refractivity contribution < 1.29 is 24.2 Å². The fraction of sp³-hybridized carbons (Fsp3) is 0.500. The van der Waals surface area contributed by atoms with Gasteiger partial charge in [0.15, 0.2) is 11.5 Å². The van der Waals surface area contributed by atoms with Gasteiger partial charge in [0.05, 0.1) is 14.2 Å². The number of ether oxygens (including phenoxy) is 2. The lowest BCUT2D eigenvalue weighted by molar-refractivity contribution is -0.121. The highest BCUT2D eigenvalue weighted by molar-refractivity contribution is 5.96. The van der Waals surface area contributed by atoms with Crippen LogP contribution in [0.3, 0.4) is 0 Å². The molecule has 1 heterocycles. The third-order valence-corrected chi connectivity index (χ3v) is 3.77. The van der Waals surface area contributed by atoms with E-state index in [9.17, 15) is 9.59 Å². The van der Waals surface area contributed by atoms with E-state index in [0.717, 1.165) is 0 Å². The highest BCUT2D eigenvalue weighted by Gasteiger charge is 2.31. The number of amides is 3. The van der Waals surface area contributed by atoms with Gasteiger partial charge >= 0.3 is 6.03 Å². The first-order valence-electron chi connectivity index (χ1n) is 7.76. The molecule has 1 aliphatic rings. The number of methoxy groups -OCH3 is 2. The smallest absolute Gasteiger partial charge is 0.325 e. The standard InChI is InChI=1S/C16H23N3O5/c1-23-13-5-4-12(10-14(13)24-2)19-8-7-18(16(19)22)11-15(21)17-6-3-9-20/h4-5,10,20H,3,6-9,11H2,1-2H3,(H,17,21). The lowest BCUT2D eigenvalue weighted by Crippen LogP contribution is -2.40. The maximum absolute atomic E-state index is 12.5. The van der Waals surface area contributed by atoms with Crippen molar-refractivity contribution in [2.24, 2.45) is 0 Å². The van der Waals surface area contributed by atoms with Crippen molar-refractivity contribution in [2.75, 3.05) is 51.9 Å². The molecule has 0 atom stereocenters. The van der Waals surface area contributed by atoms with E-state index in [2.05, 4.69) is 5.32 Å². The molecule has 1 saturated heterocycles. The van der Waals surface area contributed by atoms with Gasteiger partial charge in [0.1, 0.15) is 6.54 Å². The summed E-state index contributed by atoms with van der Waals surface area (Å²) in [5, 5.41) is 11.4. The van der Waals surface area contributed by atoms with Crippen LogP contribution in [0.15, 0.2) is 18.2 Å². The molecular formula is C16H23N3O5. The number of carbonyl (C=O) groups excluding carboxylic acids is 2. The zero-order valence-electron chi connectivity index (χ0n) is 13.9. The zero-order chi connectivity index (χ0) is 17.5. The minimum atomic E-state index is -0.231. The molecule has 8 nitrogen and oxygen atoms in total. The van der Waals surface area contributed by atoms with E-state index in [0.29, 0.717) is 43.2 Å². The molecule has 1 aliphatic heterocycles. The fourth-order valence-electron chi connectivity index (χ4n) is 2.50. The van der Waals surface area contributed by atoms with E-state index in [1.165, 1.54) is 12.0 Å². The number of nitrogens with one attached hydrogen (secondary N) is 1. The summed E-state index contributed by atoms with van der Waals surface area (Å²) >= 11 is 0. The largest absolute Gasteiger partial charge is 0.493 e. The van der Waals surface area contributed by atoms with E-state index in [-0.39, 0.29) is 25.1 Å². The second kappa shape index (κ2) is 8.39. The second-order valence-electron chi connectivity index (χ2n) is 5.32. The highest BCUT2D eigenvalue weighted by Crippen LogP contribution is 2.32. The maximum Gasteiger partial charge on any atom is 0.325 e. The lowest BCUT2D eigenvalue weighted by atomic mass is 10.2. The Labute approximate surface area is 140 Å². The second-order valence-corrected chi connectivity index (χ2v) is 5.32. The number of carbonyl (C=O) groups is 2. The van der Waals surface area contributed by atoms with Crippen molar-refractivity contribution in [1.82, 2.24) is 10.2 Å². The first-order valence-corrected chi connectivity index (χ1v) is 7.76. The predicted molar refractivity (Wildman–Crippen MR) is 88.6 cm³/mol. The van der Waals surface area contributed by atoms with Gasteiger partial charge in [0.2, 0.25) is 5.91 Å². The van der Waals surface area contributed by atoms with Crippen molar-refractivity contribution in [1.29, 1.82) is 0 Å². The molecule has 1 aromatic rings. The van der Waals surface area contributed by atoms with Gasteiger partial charge in [-0.05, 0) is 18.6 Å². The first kappa shape index (κ1) is 17.9. The van der Waals surface area contributed by atoms with Crippen LogP contribution < -0.4 is 19.7 Å². The Morgan fingerprint density at radius 3 is 2.67 bits per heavy atom. The summed E-state index contributed by atoms with van der Waals surface area (Å²) in [7, 11) is 3.09. The van der Waals surface area contributed by atoms with Gasteiger partial charge in [-0.2, -0.15) is 0 Å². The van der Waals surface area contributed by atoms with Crippen molar-refractivity contribution in [2.45, 2.75) is 6.42 Å². The Morgan fingerprint density at radius 1 is 1.25 bits per heavy atom. The third kappa shape index (κ3) is 4.08. The monoisotopic (exact) mass is 337 g/mol. The molecule has 0 unspecified atom stereocenters. The van der Waals surface area contributed by atoms with Crippen LogP contribution in [0.1, 0.15) is 6.42 Å². The van der Waals surface area contributed by atoms with Crippen LogP contribution >= 0.6 is 0 Å². The molecular weight excluding hydrogens is 314 g/mol. The number of benzene rings is 1. The maximum atomic E-state index is 12.5. The molecule has 0 aromatic heterocycles. The molecule has 1 fully saturated rings. The molecule has 0 radical (unpaired) electrons. The van der Waals surface area contributed by atoms with Crippen LogP contribution in [0.5, 0.6) is 11.5 Å². The van der Waals surface area contributed by atoms with Gasteiger partial charge < -0.3 is 24.8 Å². The summed E-state index contributed by atoms with van der Waals surface area (Å²) in [6, 6.07) is 5.04. The van der Waals surface area contributed by atoms with E-state index < -0.39 is 0 Å². The highest BCUT2D eigenvalue weighted by atomic mass is 16.5. The molecule has 2 N–H and O–H groups in total. The first-order chi connectivity index (χ1) is 11.6. The molecule has 0 bridgehead atoms. The molecule has 8 heteroatoms. The van der Waals surface area contributed by atoms with Crippen molar-refractivity contribution in [3.8, 4) is 11.5 Å². The Kier molecular flexibility index (Phi) is 6.25. The fourth-order valence-corrected chi connectivity index (χ4v) is 2.50. The van der Waals surface area contributed by atoms with Crippen LogP contribution in [0.25, 0.3) is 0 Å². The normalized spacial score (nSPS) is 14.0. The zero-order valence-corrected chi connectivity index (χ0v) is 13.9. The average Bonchev–Trinajstić information content (AvgIpc) is 2.95. The number of aliphatic hydroxyl groups is 1. The quantitative estimate of drug-likeness (QED) is 0.672. The van der Waals surface area contributed by atoms with E-state index >= 15 is 0 Å². The van der Waals surface area contributed by atoms with Crippen molar-refractivity contribution >= 4 is 17.6 Å². The molecule has 0 saturated carbocycles. The van der Waals surface area contributed by atoms with E-state index in [4.69, 9.17) is 14.6 Å². The number of hydrogen-bond donors (Lipinski definition) is 2. The van der Waals surface area contributed by atoms with Gasteiger partial charge in [-0.1, -0.05) is 0 Å².